The molecule has 0 saturated heterocycles. The Balaban J connectivity index is 2.73. The first-order valence-electron chi connectivity index (χ1n) is 4.35. The highest BCUT2D eigenvalue weighted by Gasteiger charge is 2.10. The van der Waals surface area contributed by atoms with E-state index in [0.717, 1.165) is 17.3 Å². The predicted molar refractivity (Wildman–Crippen MR) is 59.4 cm³/mol. The second kappa shape index (κ2) is 5.74. The van der Waals surface area contributed by atoms with E-state index in [0.29, 0.717) is 6.42 Å². The number of nitro benzene ring substituents is 1. The van der Waals surface area contributed by atoms with Gasteiger partial charge in [0.05, 0.1) is 11.0 Å². The van der Waals surface area contributed by atoms with Gasteiger partial charge in [-0.2, -0.15) is 10.5 Å². The van der Waals surface area contributed by atoms with Gasteiger partial charge in [0.25, 0.3) is 5.69 Å². The van der Waals surface area contributed by atoms with E-state index in [4.69, 9.17) is 10.5 Å². The Kier molecular flexibility index (Phi) is 4.31. The van der Waals surface area contributed by atoms with Crippen molar-refractivity contribution in [1.82, 2.24) is 0 Å². The number of benzene rings is 1. The lowest BCUT2D eigenvalue weighted by Gasteiger charge is -2.03. The lowest BCUT2D eigenvalue weighted by molar-refractivity contribution is -0.384. The summed E-state index contributed by atoms with van der Waals surface area (Å²) in [5.41, 5.74) is 0.824. The third kappa shape index (κ3) is 3.26. The maximum absolute atomic E-state index is 10.4. The summed E-state index contributed by atoms with van der Waals surface area (Å²) in [4.78, 5) is 9.92. The van der Waals surface area contributed by atoms with Crippen molar-refractivity contribution in [3.63, 3.8) is 0 Å². The summed E-state index contributed by atoms with van der Waals surface area (Å²) in [7, 11) is 0. The molecule has 0 aromatic heterocycles. The SMILES string of the molecule is N#CSC(C#N)Cc1ccc([N+](=O)[O-])cc1. The third-order valence-corrected chi connectivity index (χ3v) is 2.57. The molecule has 0 amide bonds. The molecule has 6 heteroatoms. The van der Waals surface area contributed by atoms with Crippen molar-refractivity contribution in [3.8, 4) is 11.5 Å². The highest BCUT2D eigenvalue weighted by Crippen LogP contribution is 2.17. The van der Waals surface area contributed by atoms with Gasteiger partial charge in [0, 0.05) is 12.1 Å². The van der Waals surface area contributed by atoms with Gasteiger partial charge in [0.2, 0.25) is 0 Å². The van der Waals surface area contributed by atoms with Gasteiger partial charge in [-0.25, -0.2) is 0 Å². The average Bonchev–Trinajstić information content (AvgIpc) is 2.29. The maximum Gasteiger partial charge on any atom is 0.269 e. The number of rotatable bonds is 4. The first-order chi connectivity index (χ1) is 7.67. The van der Waals surface area contributed by atoms with Gasteiger partial charge in [-0.3, -0.25) is 10.1 Å². The summed E-state index contributed by atoms with van der Waals surface area (Å²) in [6.07, 6.45) is 0.409. The molecule has 1 atom stereocenters. The Morgan fingerprint density at radius 3 is 2.44 bits per heavy atom. The zero-order valence-electron chi connectivity index (χ0n) is 8.16. The molecule has 16 heavy (non-hydrogen) atoms. The normalized spacial score (nSPS) is 11.1. The molecule has 5 nitrogen and oxygen atoms in total. The van der Waals surface area contributed by atoms with Crippen LogP contribution in [-0.2, 0) is 6.42 Å². The minimum Gasteiger partial charge on any atom is -0.258 e. The van der Waals surface area contributed by atoms with Crippen molar-refractivity contribution in [2.45, 2.75) is 11.7 Å². The number of non-ortho nitro benzene ring substituents is 1. The minimum atomic E-state index is -0.477. The molecule has 0 aliphatic heterocycles. The highest BCUT2D eigenvalue weighted by atomic mass is 32.2. The predicted octanol–water partition coefficient (Wildman–Crippen LogP) is 2.24. The van der Waals surface area contributed by atoms with E-state index in [2.05, 4.69) is 0 Å². The van der Waals surface area contributed by atoms with Crippen LogP contribution in [0.1, 0.15) is 5.56 Å². The van der Waals surface area contributed by atoms with E-state index < -0.39 is 10.2 Å². The van der Waals surface area contributed by atoms with Gasteiger partial charge < -0.3 is 0 Å². The first-order valence-corrected chi connectivity index (χ1v) is 5.23. The van der Waals surface area contributed by atoms with Crippen LogP contribution in [0.15, 0.2) is 24.3 Å². The Morgan fingerprint density at radius 2 is 2.00 bits per heavy atom. The van der Waals surface area contributed by atoms with Crippen molar-refractivity contribution in [3.05, 3.63) is 39.9 Å². The molecule has 0 heterocycles. The minimum absolute atomic E-state index is 0.0187. The van der Waals surface area contributed by atoms with Gasteiger partial charge >= 0.3 is 0 Å². The zero-order valence-corrected chi connectivity index (χ0v) is 8.98. The number of nitriles is 2. The standard InChI is InChI=1S/C10H7N3O2S/c11-6-10(16-7-12)5-8-1-3-9(4-2-8)13(14)15/h1-4,10H,5H2. The van der Waals surface area contributed by atoms with E-state index >= 15 is 0 Å². The Morgan fingerprint density at radius 1 is 1.38 bits per heavy atom. The fourth-order valence-corrected chi connectivity index (χ4v) is 1.60. The van der Waals surface area contributed by atoms with Gasteiger partial charge in [-0.05, 0) is 23.7 Å². The fraction of sp³-hybridized carbons (Fsp3) is 0.200. The Hall–Kier alpha value is -2.05. The largest absolute Gasteiger partial charge is 0.269 e. The first kappa shape index (κ1) is 12.0. The van der Waals surface area contributed by atoms with Gasteiger partial charge in [0.1, 0.15) is 10.7 Å². The van der Waals surface area contributed by atoms with Crippen molar-refractivity contribution >= 4 is 17.4 Å². The number of nitrogens with zero attached hydrogens (tertiary/aromatic N) is 3. The molecule has 0 fully saturated rings. The quantitative estimate of drug-likeness (QED) is 0.452. The van der Waals surface area contributed by atoms with Crippen LogP contribution >= 0.6 is 11.8 Å². The molecule has 0 radical (unpaired) electrons. The summed E-state index contributed by atoms with van der Waals surface area (Å²) in [6.45, 7) is 0. The molecule has 0 N–H and O–H groups in total. The molecule has 1 aromatic carbocycles. The maximum atomic E-state index is 10.4. The van der Waals surface area contributed by atoms with E-state index in [1.807, 2.05) is 11.5 Å². The van der Waals surface area contributed by atoms with Crippen LogP contribution < -0.4 is 0 Å². The molecular weight excluding hydrogens is 226 g/mol. The summed E-state index contributed by atoms with van der Waals surface area (Å²) in [6, 6.07) is 7.97. The molecule has 0 bridgehead atoms. The number of nitro groups is 1. The number of thioether (sulfide) groups is 1. The number of hydrogen-bond acceptors (Lipinski definition) is 5. The van der Waals surface area contributed by atoms with Crippen LogP contribution in [0.5, 0.6) is 0 Å². The molecular formula is C10H7N3O2S. The lowest BCUT2D eigenvalue weighted by atomic mass is 10.1. The van der Waals surface area contributed by atoms with Crippen LogP contribution in [0.4, 0.5) is 5.69 Å². The van der Waals surface area contributed by atoms with Crippen molar-refractivity contribution < 1.29 is 4.92 Å². The second-order valence-electron chi connectivity index (χ2n) is 2.95. The smallest absolute Gasteiger partial charge is 0.258 e. The van der Waals surface area contributed by atoms with Crippen molar-refractivity contribution in [1.29, 1.82) is 10.5 Å². The molecule has 0 aliphatic rings. The summed E-state index contributed by atoms with van der Waals surface area (Å²) >= 11 is 0.892. The molecule has 1 aromatic rings. The third-order valence-electron chi connectivity index (χ3n) is 1.91. The van der Waals surface area contributed by atoms with E-state index in [-0.39, 0.29) is 5.69 Å². The van der Waals surface area contributed by atoms with Crippen LogP contribution in [0.2, 0.25) is 0 Å². The average molecular weight is 233 g/mol. The van der Waals surface area contributed by atoms with E-state index in [1.54, 1.807) is 12.1 Å². The van der Waals surface area contributed by atoms with Crippen molar-refractivity contribution in [2.75, 3.05) is 0 Å². The molecule has 1 unspecified atom stereocenters. The van der Waals surface area contributed by atoms with E-state index in [9.17, 15) is 10.1 Å². The molecule has 0 saturated carbocycles. The van der Waals surface area contributed by atoms with Crippen LogP contribution in [0, 0.1) is 32.1 Å². The topological polar surface area (TPSA) is 90.7 Å². The van der Waals surface area contributed by atoms with Crippen LogP contribution in [0.3, 0.4) is 0 Å². The van der Waals surface area contributed by atoms with Crippen LogP contribution in [0.25, 0.3) is 0 Å². The Bertz CT molecular complexity index is 458. The lowest BCUT2D eigenvalue weighted by Crippen LogP contribution is -2.02. The summed E-state index contributed by atoms with van der Waals surface area (Å²) in [5, 5.41) is 29.0. The molecule has 0 spiro atoms. The second-order valence-corrected chi connectivity index (χ2v) is 3.94. The molecule has 80 valence electrons. The van der Waals surface area contributed by atoms with Gasteiger partial charge in [-0.15, -0.1) is 0 Å². The fourth-order valence-electron chi connectivity index (χ4n) is 1.15. The highest BCUT2D eigenvalue weighted by molar-refractivity contribution is 8.04. The summed E-state index contributed by atoms with van der Waals surface area (Å²) in [5.74, 6) is 0. The number of thiocyanates is 1. The molecule has 1 rings (SSSR count). The summed E-state index contributed by atoms with van der Waals surface area (Å²) < 4.78 is 0. The Labute approximate surface area is 96.5 Å². The van der Waals surface area contributed by atoms with Crippen LogP contribution in [-0.4, -0.2) is 10.2 Å². The van der Waals surface area contributed by atoms with E-state index in [1.165, 1.54) is 12.1 Å². The van der Waals surface area contributed by atoms with Crippen molar-refractivity contribution in [2.24, 2.45) is 0 Å². The van der Waals surface area contributed by atoms with Gasteiger partial charge in [0.15, 0.2) is 0 Å². The zero-order chi connectivity index (χ0) is 12.0. The van der Waals surface area contributed by atoms with Gasteiger partial charge in [-0.1, -0.05) is 12.1 Å². The number of hydrogen-bond donors (Lipinski definition) is 0. The monoisotopic (exact) mass is 233 g/mol. The molecule has 0 aliphatic carbocycles.